The van der Waals surface area contributed by atoms with E-state index in [-0.39, 0.29) is 11.9 Å². The molecule has 3 rings (SSSR count). The third-order valence-electron chi connectivity index (χ3n) is 4.54. The molecule has 1 N–H and O–H groups in total. The molecule has 1 aromatic rings. The molecule has 1 amide bonds. The molecule has 2 fully saturated rings. The van der Waals surface area contributed by atoms with Crippen molar-refractivity contribution < 1.29 is 9.21 Å². The fourth-order valence-electron chi connectivity index (χ4n) is 3.70. The van der Waals surface area contributed by atoms with Gasteiger partial charge in [0.15, 0.2) is 5.76 Å². The summed E-state index contributed by atoms with van der Waals surface area (Å²) in [5.74, 6) is 2.78. The minimum atomic E-state index is -0.0785. The molecule has 2 aliphatic carbocycles. The second-order valence-corrected chi connectivity index (χ2v) is 5.58. The van der Waals surface area contributed by atoms with E-state index in [9.17, 15) is 4.79 Å². The zero-order valence-corrected chi connectivity index (χ0v) is 10.2. The predicted molar refractivity (Wildman–Crippen MR) is 64.6 cm³/mol. The van der Waals surface area contributed by atoms with Gasteiger partial charge in [-0.05, 0) is 56.1 Å². The summed E-state index contributed by atoms with van der Waals surface area (Å²) in [6.07, 6.45) is 6.98. The van der Waals surface area contributed by atoms with Gasteiger partial charge < -0.3 is 9.73 Å². The highest BCUT2D eigenvalue weighted by Crippen LogP contribution is 2.49. The lowest BCUT2D eigenvalue weighted by molar-refractivity contribution is 0.0887. The molecule has 2 aliphatic rings. The summed E-state index contributed by atoms with van der Waals surface area (Å²) >= 11 is 0. The molecule has 0 spiro atoms. The second-order valence-electron chi connectivity index (χ2n) is 5.58. The summed E-state index contributed by atoms with van der Waals surface area (Å²) < 4.78 is 5.11. The first-order chi connectivity index (χ1) is 8.24. The van der Waals surface area contributed by atoms with Gasteiger partial charge in [0.2, 0.25) is 0 Å². The predicted octanol–water partition coefficient (Wildman–Crippen LogP) is 2.83. The van der Waals surface area contributed by atoms with Crippen LogP contribution >= 0.6 is 0 Å². The number of nitrogens with one attached hydrogen (secondary N) is 1. The van der Waals surface area contributed by atoms with E-state index in [0.29, 0.717) is 11.7 Å². The first-order valence-corrected chi connectivity index (χ1v) is 6.58. The third kappa shape index (κ3) is 1.99. The van der Waals surface area contributed by atoms with E-state index in [1.165, 1.54) is 31.9 Å². The number of amides is 1. The number of hydrogen-bond acceptors (Lipinski definition) is 2. The van der Waals surface area contributed by atoms with Crippen LogP contribution in [0.2, 0.25) is 0 Å². The number of furan rings is 1. The second kappa shape index (κ2) is 4.21. The molecule has 3 heteroatoms. The zero-order chi connectivity index (χ0) is 11.8. The highest BCUT2D eigenvalue weighted by molar-refractivity contribution is 5.91. The van der Waals surface area contributed by atoms with Crippen LogP contribution in [-0.2, 0) is 0 Å². The normalized spacial score (nSPS) is 32.6. The molecule has 1 heterocycles. The molecule has 1 aromatic heterocycles. The van der Waals surface area contributed by atoms with Gasteiger partial charge in [-0.15, -0.1) is 0 Å². The van der Waals surface area contributed by atoms with Crippen molar-refractivity contribution in [3.8, 4) is 0 Å². The van der Waals surface area contributed by atoms with Gasteiger partial charge in [0.25, 0.3) is 5.91 Å². The van der Waals surface area contributed by atoms with Crippen molar-refractivity contribution in [2.45, 2.75) is 38.6 Å². The molecule has 4 atom stereocenters. The first kappa shape index (κ1) is 10.9. The SMILES string of the molecule is C[C@H](NC(=O)c1ccco1)[C@H]1C[C@H]2CC[C@H]1C2. The zero-order valence-electron chi connectivity index (χ0n) is 10.2. The summed E-state index contributed by atoms with van der Waals surface area (Å²) in [6, 6.07) is 3.72. The Bertz CT molecular complexity index is 398. The average molecular weight is 233 g/mol. The van der Waals surface area contributed by atoms with Gasteiger partial charge in [-0.25, -0.2) is 0 Å². The van der Waals surface area contributed by atoms with Gasteiger partial charge in [-0.2, -0.15) is 0 Å². The molecular weight excluding hydrogens is 214 g/mol. The summed E-state index contributed by atoms with van der Waals surface area (Å²) in [7, 11) is 0. The Kier molecular flexibility index (Phi) is 2.69. The van der Waals surface area contributed by atoms with Crippen LogP contribution in [0.15, 0.2) is 22.8 Å². The number of carbonyl (C=O) groups excluding carboxylic acids is 1. The largest absolute Gasteiger partial charge is 0.459 e. The quantitative estimate of drug-likeness (QED) is 0.872. The Labute approximate surface area is 102 Å². The van der Waals surface area contributed by atoms with Gasteiger partial charge >= 0.3 is 0 Å². The number of fused-ring (bicyclic) bond motifs is 2. The van der Waals surface area contributed by atoms with E-state index in [1.807, 2.05) is 0 Å². The monoisotopic (exact) mass is 233 g/mol. The Balaban J connectivity index is 1.60. The highest BCUT2D eigenvalue weighted by atomic mass is 16.3. The van der Waals surface area contributed by atoms with Crippen LogP contribution in [0, 0.1) is 17.8 Å². The summed E-state index contributed by atoms with van der Waals surface area (Å²) in [5, 5.41) is 3.08. The van der Waals surface area contributed by atoms with Crippen LogP contribution in [0.5, 0.6) is 0 Å². The smallest absolute Gasteiger partial charge is 0.287 e. The number of hydrogen-bond donors (Lipinski definition) is 1. The Morgan fingerprint density at radius 3 is 2.94 bits per heavy atom. The fraction of sp³-hybridized carbons (Fsp3) is 0.643. The van der Waals surface area contributed by atoms with Gasteiger partial charge in [-0.3, -0.25) is 4.79 Å². The van der Waals surface area contributed by atoms with E-state index in [0.717, 1.165) is 11.8 Å². The Morgan fingerprint density at radius 1 is 1.47 bits per heavy atom. The lowest BCUT2D eigenvalue weighted by atomic mass is 9.84. The first-order valence-electron chi connectivity index (χ1n) is 6.58. The van der Waals surface area contributed by atoms with Crippen LogP contribution in [0.4, 0.5) is 0 Å². The van der Waals surface area contributed by atoms with Crippen molar-refractivity contribution in [3.05, 3.63) is 24.2 Å². The van der Waals surface area contributed by atoms with Crippen molar-refractivity contribution in [2.75, 3.05) is 0 Å². The lowest BCUT2D eigenvalue weighted by Gasteiger charge is -2.28. The Morgan fingerprint density at radius 2 is 2.35 bits per heavy atom. The minimum absolute atomic E-state index is 0.0785. The van der Waals surface area contributed by atoms with E-state index in [4.69, 9.17) is 4.42 Å². The van der Waals surface area contributed by atoms with Gasteiger partial charge in [0.1, 0.15) is 0 Å². The minimum Gasteiger partial charge on any atom is -0.459 e. The molecule has 2 bridgehead atoms. The number of carbonyl (C=O) groups is 1. The van der Waals surface area contributed by atoms with E-state index < -0.39 is 0 Å². The van der Waals surface area contributed by atoms with Gasteiger partial charge in [0, 0.05) is 6.04 Å². The maximum absolute atomic E-state index is 11.9. The summed E-state index contributed by atoms with van der Waals surface area (Å²) in [6.45, 7) is 2.13. The Hall–Kier alpha value is -1.25. The molecule has 0 aliphatic heterocycles. The summed E-state index contributed by atoms with van der Waals surface area (Å²) in [4.78, 5) is 11.9. The van der Waals surface area contributed by atoms with Crippen LogP contribution in [0.25, 0.3) is 0 Å². The molecule has 3 nitrogen and oxygen atoms in total. The van der Waals surface area contributed by atoms with E-state index in [1.54, 1.807) is 12.1 Å². The molecule has 0 aromatic carbocycles. The maximum atomic E-state index is 11.9. The van der Waals surface area contributed by atoms with E-state index in [2.05, 4.69) is 12.2 Å². The lowest BCUT2D eigenvalue weighted by Crippen LogP contribution is -2.39. The third-order valence-corrected chi connectivity index (χ3v) is 4.54. The average Bonchev–Trinajstić information content (AvgIpc) is 3.05. The van der Waals surface area contributed by atoms with Crippen molar-refractivity contribution in [1.82, 2.24) is 5.32 Å². The van der Waals surface area contributed by atoms with Crippen molar-refractivity contribution in [3.63, 3.8) is 0 Å². The summed E-state index contributed by atoms with van der Waals surface area (Å²) in [5.41, 5.74) is 0. The molecule has 17 heavy (non-hydrogen) atoms. The fourth-order valence-corrected chi connectivity index (χ4v) is 3.70. The standard InChI is InChI=1S/C14H19NO2/c1-9(12-8-10-4-5-11(12)7-10)15-14(16)13-3-2-6-17-13/h2-3,6,9-12H,4-5,7-8H2,1H3,(H,15,16)/t9-,10-,11-,12+/m0/s1. The van der Waals surface area contributed by atoms with E-state index >= 15 is 0 Å². The number of rotatable bonds is 3. The van der Waals surface area contributed by atoms with Crippen molar-refractivity contribution >= 4 is 5.91 Å². The van der Waals surface area contributed by atoms with Crippen LogP contribution in [0.1, 0.15) is 43.2 Å². The topological polar surface area (TPSA) is 42.2 Å². The van der Waals surface area contributed by atoms with Crippen LogP contribution in [-0.4, -0.2) is 11.9 Å². The molecule has 2 saturated carbocycles. The van der Waals surface area contributed by atoms with Crippen molar-refractivity contribution in [2.24, 2.45) is 17.8 Å². The maximum Gasteiger partial charge on any atom is 0.287 e. The van der Waals surface area contributed by atoms with Crippen LogP contribution < -0.4 is 5.32 Å². The highest BCUT2D eigenvalue weighted by Gasteiger charge is 2.42. The van der Waals surface area contributed by atoms with Crippen LogP contribution in [0.3, 0.4) is 0 Å². The van der Waals surface area contributed by atoms with Gasteiger partial charge in [0.05, 0.1) is 6.26 Å². The molecule has 92 valence electrons. The molecular formula is C14H19NO2. The molecule has 0 saturated heterocycles. The molecule has 0 radical (unpaired) electrons. The molecule has 0 unspecified atom stereocenters. The van der Waals surface area contributed by atoms with Gasteiger partial charge in [-0.1, -0.05) is 6.42 Å². The van der Waals surface area contributed by atoms with Crippen molar-refractivity contribution in [1.29, 1.82) is 0 Å².